The van der Waals surface area contributed by atoms with Crippen molar-refractivity contribution in [3.63, 3.8) is 0 Å². The van der Waals surface area contributed by atoms with Crippen molar-refractivity contribution in [1.82, 2.24) is 5.32 Å². The minimum Gasteiger partial charge on any atom is -0.497 e. The number of carboxylic acids is 1. The molecule has 26 heavy (non-hydrogen) atoms. The Bertz CT molecular complexity index is 801. The van der Waals surface area contributed by atoms with Gasteiger partial charge in [-0.25, -0.2) is 4.79 Å². The van der Waals surface area contributed by atoms with Crippen LogP contribution in [0.2, 0.25) is 0 Å². The molecule has 0 bridgehead atoms. The lowest BCUT2D eigenvalue weighted by Gasteiger charge is -2.22. The van der Waals surface area contributed by atoms with E-state index in [0.717, 1.165) is 22.4 Å². The number of methoxy groups -OCH3 is 3. The molecule has 0 fully saturated rings. The third kappa shape index (κ3) is 3.20. The second-order valence-corrected chi connectivity index (χ2v) is 6.14. The number of hydrogen-bond donors (Lipinski definition) is 2. The van der Waals surface area contributed by atoms with Gasteiger partial charge in [0.1, 0.15) is 11.3 Å². The van der Waals surface area contributed by atoms with E-state index in [1.54, 1.807) is 7.11 Å². The van der Waals surface area contributed by atoms with E-state index in [9.17, 15) is 9.90 Å². The SMILES string of the molecule is COc1ccc(C2CNCCc3c2cc(OC)c(OC)c3C(=O)O)cc1. The molecule has 1 aliphatic heterocycles. The number of aromatic carboxylic acids is 1. The standard InChI is InChI=1S/C20H23NO5/c1-24-13-6-4-12(5-7-13)16-11-21-9-8-14-15(16)10-17(25-2)19(26-3)18(14)20(22)23/h4-7,10,16,21H,8-9,11H2,1-3H3,(H,22,23). The second kappa shape index (κ2) is 7.66. The molecule has 0 saturated carbocycles. The molecule has 0 aliphatic carbocycles. The number of benzene rings is 2. The fraction of sp³-hybridized carbons (Fsp3) is 0.350. The van der Waals surface area contributed by atoms with Crippen LogP contribution in [0, 0.1) is 0 Å². The summed E-state index contributed by atoms with van der Waals surface area (Å²) in [5.74, 6) is 0.496. The number of rotatable bonds is 5. The Morgan fingerprint density at radius 3 is 2.42 bits per heavy atom. The van der Waals surface area contributed by atoms with Gasteiger partial charge in [-0.3, -0.25) is 0 Å². The Labute approximate surface area is 152 Å². The highest BCUT2D eigenvalue weighted by molar-refractivity contribution is 5.94. The molecule has 0 amide bonds. The molecule has 2 aromatic carbocycles. The molecule has 0 radical (unpaired) electrons. The predicted molar refractivity (Wildman–Crippen MR) is 97.9 cm³/mol. The minimum atomic E-state index is -1.01. The van der Waals surface area contributed by atoms with Crippen molar-refractivity contribution >= 4 is 5.97 Å². The fourth-order valence-electron chi connectivity index (χ4n) is 3.56. The van der Waals surface area contributed by atoms with Crippen LogP contribution in [0.15, 0.2) is 30.3 Å². The molecular weight excluding hydrogens is 334 g/mol. The zero-order chi connectivity index (χ0) is 18.7. The average molecular weight is 357 g/mol. The summed E-state index contributed by atoms with van der Waals surface area (Å²) in [4.78, 5) is 12.0. The first-order valence-corrected chi connectivity index (χ1v) is 8.46. The minimum absolute atomic E-state index is 0.0105. The van der Waals surface area contributed by atoms with Crippen LogP contribution in [0.5, 0.6) is 17.2 Å². The highest BCUT2D eigenvalue weighted by Crippen LogP contribution is 2.41. The monoisotopic (exact) mass is 357 g/mol. The Hall–Kier alpha value is -2.73. The van der Waals surface area contributed by atoms with Crippen LogP contribution in [-0.2, 0) is 6.42 Å². The fourth-order valence-corrected chi connectivity index (χ4v) is 3.56. The number of carbonyl (C=O) groups is 1. The Morgan fingerprint density at radius 2 is 1.85 bits per heavy atom. The van der Waals surface area contributed by atoms with E-state index in [1.807, 2.05) is 30.3 Å². The number of fused-ring (bicyclic) bond motifs is 1. The molecule has 0 aromatic heterocycles. The highest BCUT2D eigenvalue weighted by Gasteiger charge is 2.29. The van der Waals surface area contributed by atoms with Gasteiger partial charge in [0, 0.05) is 12.5 Å². The van der Waals surface area contributed by atoms with E-state index >= 15 is 0 Å². The number of hydrogen-bond acceptors (Lipinski definition) is 5. The maximum atomic E-state index is 12.0. The van der Waals surface area contributed by atoms with Crippen LogP contribution in [0.3, 0.4) is 0 Å². The van der Waals surface area contributed by atoms with Crippen LogP contribution >= 0.6 is 0 Å². The maximum absolute atomic E-state index is 12.0. The Balaban J connectivity index is 2.20. The third-order valence-corrected chi connectivity index (χ3v) is 4.82. The first-order chi connectivity index (χ1) is 12.6. The van der Waals surface area contributed by atoms with Gasteiger partial charge in [0.25, 0.3) is 0 Å². The highest BCUT2D eigenvalue weighted by atomic mass is 16.5. The molecule has 2 N–H and O–H groups in total. The number of carboxylic acid groups (broad SMARTS) is 1. The summed E-state index contributed by atoms with van der Waals surface area (Å²) >= 11 is 0. The number of nitrogens with one attached hydrogen (secondary N) is 1. The summed E-state index contributed by atoms with van der Waals surface area (Å²) < 4.78 is 16.0. The molecule has 0 spiro atoms. The summed E-state index contributed by atoms with van der Waals surface area (Å²) in [6.07, 6.45) is 0.615. The van der Waals surface area contributed by atoms with Gasteiger partial charge >= 0.3 is 5.97 Å². The molecule has 0 saturated heterocycles. The van der Waals surface area contributed by atoms with Crippen LogP contribution < -0.4 is 19.5 Å². The third-order valence-electron chi connectivity index (χ3n) is 4.82. The molecule has 1 aliphatic rings. The zero-order valence-corrected chi connectivity index (χ0v) is 15.2. The topological polar surface area (TPSA) is 77.0 Å². The lowest BCUT2D eigenvalue weighted by atomic mass is 9.85. The molecule has 3 rings (SSSR count). The zero-order valence-electron chi connectivity index (χ0n) is 15.2. The van der Waals surface area contributed by atoms with Gasteiger partial charge in [-0.15, -0.1) is 0 Å². The summed E-state index contributed by atoms with van der Waals surface area (Å²) in [5.41, 5.74) is 3.02. The normalized spacial score (nSPS) is 16.3. The summed E-state index contributed by atoms with van der Waals surface area (Å²) in [7, 11) is 4.62. The van der Waals surface area contributed by atoms with Crippen LogP contribution in [0.1, 0.15) is 33.0 Å². The van der Waals surface area contributed by atoms with Crippen LogP contribution in [-0.4, -0.2) is 45.5 Å². The van der Waals surface area contributed by atoms with E-state index in [2.05, 4.69) is 5.32 Å². The predicted octanol–water partition coefficient (Wildman–Crippen LogP) is 2.69. The first kappa shape index (κ1) is 18.1. The van der Waals surface area contributed by atoms with Crippen molar-refractivity contribution in [1.29, 1.82) is 0 Å². The van der Waals surface area contributed by atoms with E-state index < -0.39 is 5.97 Å². The summed E-state index contributed by atoms with van der Waals surface area (Å²) in [6.45, 7) is 1.42. The van der Waals surface area contributed by atoms with Crippen molar-refractivity contribution < 1.29 is 24.1 Å². The van der Waals surface area contributed by atoms with E-state index in [4.69, 9.17) is 14.2 Å². The van der Waals surface area contributed by atoms with Crippen molar-refractivity contribution in [2.24, 2.45) is 0 Å². The Morgan fingerprint density at radius 1 is 1.12 bits per heavy atom. The van der Waals surface area contributed by atoms with Crippen molar-refractivity contribution in [3.05, 3.63) is 52.6 Å². The summed E-state index contributed by atoms with van der Waals surface area (Å²) in [5, 5.41) is 13.2. The molecule has 1 atom stereocenters. The largest absolute Gasteiger partial charge is 0.497 e. The first-order valence-electron chi connectivity index (χ1n) is 8.46. The van der Waals surface area contributed by atoms with Crippen LogP contribution in [0.25, 0.3) is 0 Å². The van der Waals surface area contributed by atoms with Crippen LogP contribution in [0.4, 0.5) is 0 Å². The Kier molecular flexibility index (Phi) is 5.32. The quantitative estimate of drug-likeness (QED) is 0.857. The lowest BCUT2D eigenvalue weighted by Crippen LogP contribution is -2.20. The average Bonchev–Trinajstić information content (AvgIpc) is 2.88. The van der Waals surface area contributed by atoms with Crippen molar-refractivity contribution in [3.8, 4) is 17.2 Å². The van der Waals surface area contributed by atoms with E-state index in [0.29, 0.717) is 25.3 Å². The number of ether oxygens (including phenoxy) is 3. The molecule has 6 heteroatoms. The van der Waals surface area contributed by atoms with E-state index in [-0.39, 0.29) is 17.2 Å². The molecular formula is C20H23NO5. The second-order valence-electron chi connectivity index (χ2n) is 6.14. The molecule has 1 heterocycles. The molecule has 138 valence electrons. The molecule has 1 unspecified atom stereocenters. The van der Waals surface area contributed by atoms with Gasteiger partial charge in [0.2, 0.25) is 0 Å². The van der Waals surface area contributed by atoms with Crippen molar-refractivity contribution in [2.75, 3.05) is 34.4 Å². The van der Waals surface area contributed by atoms with Gasteiger partial charge in [0.05, 0.1) is 21.3 Å². The van der Waals surface area contributed by atoms with Gasteiger partial charge in [-0.1, -0.05) is 12.1 Å². The molecule has 2 aromatic rings. The maximum Gasteiger partial charge on any atom is 0.339 e. The lowest BCUT2D eigenvalue weighted by molar-refractivity contribution is 0.0691. The van der Waals surface area contributed by atoms with E-state index in [1.165, 1.54) is 14.2 Å². The van der Waals surface area contributed by atoms with Gasteiger partial charge in [-0.05, 0) is 47.9 Å². The van der Waals surface area contributed by atoms with Gasteiger partial charge in [-0.2, -0.15) is 0 Å². The smallest absolute Gasteiger partial charge is 0.339 e. The van der Waals surface area contributed by atoms with Gasteiger partial charge < -0.3 is 24.6 Å². The molecule has 6 nitrogen and oxygen atoms in total. The van der Waals surface area contributed by atoms with Gasteiger partial charge in [0.15, 0.2) is 11.5 Å². The van der Waals surface area contributed by atoms with Crippen molar-refractivity contribution in [2.45, 2.75) is 12.3 Å². The summed E-state index contributed by atoms with van der Waals surface area (Å²) in [6, 6.07) is 9.76.